The quantitative estimate of drug-likeness (QED) is 0.676. The summed E-state index contributed by atoms with van der Waals surface area (Å²) in [5, 5.41) is 10.1. The molecule has 0 bridgehead atoms. The summed E-state index contributed by atoms with van der Waals surface area (Å²) >= 11 is 0.798. The molecule has 0 saturated carbocycles. The Labute approximate surface area is 163 Å². The third-order valence-electron chi connectivity index (χ3n) is 3.48. The third-order valence-corrected chi connectivity index (χ3v) is 6.27. The van der Waals surface area contributed by atoms with Crippen molar-refractivity contribution in [3.8, 4) is 5.75 Å². The number of nitrogens with zero attached hydrogens (tertiary/aromatic N) is 2. The number of ether oxygens (including phenoxy) is 1. The van der Waals surface area contributed by atoms with Crippen LogP contribution in [-0.2, 0) is 14.8 Å². The van der Waals surface area contributed by atoms with Gasteiger partial charge in [-0.15, -0.1) is 10.2 Å². The zero-order valence-electron chi connectivity index (χ0n) is 15.9. The van der Waals surface area contributed by atoms with Crippen molar-refractivity contribution in [2.45, 2.75) is 45.0 Å². The van der Waals surface area contributed by atoms with Crippen LogP contribution in [0.1, 0.15) is 33.3 Å². The van der Waals surface area contributed by atoms with Gasteiger partial charge in [-0.3, -0.25) is 4.79 Å². The lowest BCUT2D eigenvalue weighted by Gasteiger charge is -2.15. The molecule has 0 aliphatic heterocycles. The van der Waals surface area contributed by atoms with Crippen molar-refractivity contribution < 1.29 is 17.9 Å². The van der Waals surface area contributed by atoms with Gasteiger partial charge in [-0.1, -0.05) is 50.3 Å². The van der Waals surface area contributed by atoms with Crippen LogP contribution in [0.3, 0.4) is 0 Å². The maximum absolute atomic E-state index is 12.4. The average molecular weight is 413 g/mol. The highest BCUT2D eigenvalue weighted by atomic mass is 32.2. The van der Waals surface area contributed by atoms with Crippen LogP contribution in [0, 0.1) is 12.3 Å². The van der Waals surface area contributed by atoms with Crippen molar-refractivity contribution >= 4 is 32.4 Å². The van der Waals surface area contributed by atoms with Gasteiger partial charge in [-0.25, -0.2) is 13.1 Å². The maximum atomic E-state index is 12.4. The van der Waals surface area contributed by atoms with Crippen molar-refractivity contribution in [2.24, 2.45) is 5.41 Å². The van der Waals surface area contributed by atoms with E-state index < -0.39 is 21.5 Å². The van der Waals surface area contributed by atoms with Gasteiger partial charge in [0.2, 0.25) is 15.4 Å². The summed E-state index contributed by atoms with van der Waals surface area (Å²) in [7, 11) is -3.86. The summed E-state index contributed by atoms with van der Waals surface area (Å²) in [5.41, 5.74) is 0.348. The lowest BCUT2D eigenvalue weighted by Crippen LogP contribution is -2.36. The molecule has 27 heavy (non-hydrogen) atoms. The van der Waals surface area contributed by atoms with Gasteiger partial charge in [0.05, 0.1) is 6.04 Å². The first kappa shape index (κ1) is 21.3. The number of rotatable bonds is 7. The van der Waals surface area contributed by atoms with E-state index in [0.717, 1.165) is 16.9 Å². The van der Waals surface area contributed by atoms with E-state index in [1.807, 2.05) is 31.2 Å². The minimum atomic E-state index is -3.86. The highest BCUT2D eigenvalue weighted by Crippen LogP contribution is 2.23. The minimum Gasteiger partial charge on any atom is -0.492 e. The molecule has 2 aromatic rings. The Morgan fingerprint density at radius 2 is 1.93 bits per heavy atom. The molecule has 0 spiro atoms. The standard InChI is InChI=1S/C17H24N4O4S2/c1-11-8-6-7-9-13(11)25-10-12(2)21-27(23,24)16-20-19-15(26-16)18-14(22)17(3,4)5/h6-9,12,21H,10H2,1-5H3,(H,18,19,22)/t12-/m1/s1. The van der Waals surface area contributed by atoms with Crippen molar-refractivity contribution in [2.75, 3.05) is 11.9 Å². The second-order valence-electron chi connectivity index (χ2n) is 7.18. The van der Waals surface area contributed by atoms with E-state index in [1.165, 1.54) is 0 Å². The molecule has 1 aromatic heterocycles. The Balaban J connectivity index is 1.98. The van der Waals surface area contributed by atoms with Crippen LogP contribution in [-0.4, -0.2) is 37.2 Å². The maximum Gasteiger partial charge on any atom is 0.270 e. The summed E-state index contributed by atoms with van der Waals surface area (Å²) in [6.45, 7) is 9.02. The molecule has 0 unspecified atom stereocenters. The predicted molar refractivity (Wildman–Crippen MR) is 104 cm³/mol. The number of anilines is 1. The summed E-state index contributed by atoms with van der Waals surface area (Å²) in [4.78, 5) is 12.0. The van der Waals surface area contributed by atoms with E-state index in [0.29, 0.717) is 5.75 Å². The van der Waals surface area contributed by atoms with Crippen LogP contribution in [0.15, 0.2) is 28.6 Å². The minimum absolute atomic E-state index is 0.138. The molecule has 148 valence electrons. The van der Waals surface area contributed by atoms with E-state index in [9.17, 15) is 13.2 Å². The van der Waals surface area contributed by atoms with Gasteiger partial charge in [0, 0.05) is 5.41 Å². The number of carbonyl (C=O) groups is 1. The highest BCUT2D eigenvalue weighted by Gasteiger charge is 2.26. The van der Waals surface area contributed by atoms with Crippen molar-refractivity contribution in [1.29, 1.82) is 0 Å². The summed E-state index contributed by atoms with van der Waals surface area (Å²) in [5.74, 6) is 0.433. The molecule has 2 N–H and O–H groups in total. The molecule has 2 rings (SSSR count). The Morgan fingerprint density at radius 3 is 2.56 bits per heavy atom. The molecule has 0 radical (unpaired) electrons. The van der Waals surface area contributed by atoms with E-state index in [2.05, 4.69) is 20.2 Å². The molecule has 8 nitrogen and oxygen atoms in total. The van der Waals surface area contributed by atoms with Crippen molar-refractivity contribution in [3.63, 3.8) is 0 Å². The molecule has 0 aliphatic rings. The average Bonchev–Trinajstić information content (AvgIpc) is 3.02. The SMILES string of the molecule is Cc1ccccc1OC[C@@H](C)NS(=O)(=O)c1nnc(NC(=O)C(C)(C)C)s1. The second-order valence-corrected chi connectivity index (χ2v) is 10.0. The molecular formula is C17H24N4O4S2. The number of nitrogens with one attached hydrogen (secondary N) is 2. The van der Waals surface area contributed by atoms with Gasteiger partial charge in [0.1, 0.15) is 12.4 Å². The fourth-order valence-corrected chi connectivity index (χ4v) is 4.08. The summed E-state index contributed by atoms with van der Waals surface area (Å²) in [6.07, 6.45) is 0. The monoisotopic (exact) mass is 412 g/mol. The Kier molecular flexibility index (Phi) is 6.55. The molecule has 1 heterocycles. The number of carbonyl (C=O) groups excluding carboxylic acids is 1. The summed E-state index contributed by atoms with van der Waals surface area (Å²) < 4.78 is 32.8. The fraction of sp³-hybridized carbons (Fsp3) is 0.471. The smallest absolute Gasteiger partial charge is 0.270 e. The van der Waals surface area contributed by atoms with Crippen molar-refractivity contribution in [1.82, 2.24) is 14.9 Å². The van der Waals surface area contributed by atoms with E-state index in [-0.39, 0.29) is 22.0 Å². The summed E-state index contributed by atoms with van der Waals surface area (Å²) in [6, 6.07) is 7.02. The topological polar surface area (TPSA) is 110 Å². The zero-order valence-corrected chi connectivity index (χ0v) is 17.6. The number of benzene rings is 1. The van der Waals surface area contributed by atoms with Gasteiger partial charge < -0.3 is 10.1 Å². The van der Waals surface area contributed by atoms with Crippen LogP contribution in [0.25, 0.3) is 0 Å². The molecular weight excluding hydrogens is 388 g/mol. The Bertz CT molecular complexity index is 904. The van der Waals surface area contributed by atoms with Crippen LogP contribution >= 0.6 is 11.3 Å². The number of hydrogen-bond acceptors (Lipinski definition) is 7. The first-order valence-electron chi connectivity index (χ1n) is 8.35. The number of amides is 1. The molecule has 0 saturated heterocycles. The molecule has 1 atom stereocenters. The molecule has 0 aliphatic carbocycles. The zero-order chi connectivity index (χ0) is 20.2. The van der Waals surface area contributed by atoms with E-state index in [1.54, 1.807) is 27.7 Å². The highest BCUT2D eigenvalue weighted by molar-refractivity contribution is 7.91. The molecule has 10 heteroatoms. The largest absolute Gasteiger partial charge is 0.492 e. The van der Waals surface area contributed by atoms with E-state index in [4.69, 9.17) is 4.74 Å². The number of aryl methyl sites for hydroxylation is 1. The second kappa shape index (κ2) is 8.32. The van der Waals surface area contributed by atoms with Crippen LogP contribution in [0.2, 0.25) is 0 Å². The molecule has 1 aromatic carbocycles. The Hall–Kier alpha value is -2.04. The predicted octanol–water partition coefficient (Wildman–Crippen LogP) is 2.58. The lowest BCUT2D eigenvalue weighted by atomic mass is 9.96. The van der Waals surface area contributed by atoms with Gasteiger partial charge in [0.15, 0.2) is 0 Å². The van der Waals surface area contributed by atoms with Crippen LogP contribution in [0.4, 0.5) is 5.13 Å². The number of hydrogen-bond donors (Lipinski definition) is 2. The number of aromatic nitrogens is 2. The van der Waals surface area contributed by atoms with Gasteiger partial charge >= 0.3 is 0 Å². The van der Waals surface area contributed by atoms with Crippen molar-refractivity contribution in [3.05, 3.63) is 29.8 Å². The Morgan fingerprint density at radius 1 is 1.26 bits per heavy atom. The van der Waals surface area contributed by atoms with Crippen LogP contribution in [0.5, 0.6) is 5.75 Å². The van der Waals surface area contributed by atoms with Gasteiger partial charge in [-0.05, 0) is 25.5 Å². The van der Waals surface area contributed by atoms with Crippen LogP contribution < -0.4 is 14.8 Å². The first-order chi connectivity index (χ1) is 12.5. The van der Waals surface area contributed by atoms with E-state index >= 15 is 0 Å². The van der Waals surface area contributed by atoms with Gasteiger partial charge in [0.25, 0.3) is 10.0 Å². The number of para-hydroxylation sites is 1. The number of sulfonamides is 1. The fourth-order valence-electron chi connectivity index (χ4n) is 1.94. The molecule has 1 amide bonds. The lowest BCUT2D eigenvalue weighted by molar-refractivity contribution is -0.123. The third kappa shape index (κ3) is 5.98. The molecule has 0 fully saturated rings. The first-order valence-corrected chi connectivity index (χ1v) is 10.6. The van der Waals surface area contributed by atoms with Gasteiger partial charge in [-0.2, -0.15) is 0 Å². The normalized spacial score (nSPS) is 13.2.